The lowest BCUT2D eigenvalue weighted by Gasteiger charge is -2.36. The smallest absolute Gasteiger partial charge is 0.239 e. The fraction of sp³-hybridized carbons (Fsp3) is 0.458. The van der Waals surface area contributed by atoms with Crippen molar-refractivity contribution >= 4 is 28.1 Å². The van der Waals surface area contributed by atoms with E-state index in [0.29, 0.717) is 11.8 Å². The molecule has 1 amide bonds. The highest BCUT2D eigenvalue weighted by atomic mass is 32.1. The number of nitrogens with zero attached hydrogens (tertiary/aromatic N) is 1. The van der Waals surface area contributed by atoms with E-state index in [2.05, 4.69) is 77.0 Å². The second-order valence-electron chi connectivity index (χ2n) is 8.68. The van der Waals surface area contributed by atoms with Crippen LogP contribution in [0.5, 0.6) is 0 Å². The minimum atomic E-state index is -0.180. The van der Waals surface area contributed by atoms with Crippen molar-refractivity contribution in [3.05, 3.63) is 58.4 Å². The number of carbonyl (C=O) groups is 1. The number of para-hydroxylation sites is 1. The van der Waals surface area contributed by atoms with E-state index in [1.54, 1.807) is 11.3 Å². The van der Waals surface area contributed by atoms with E-state index < -0.39 is 0 Å². The van der Waals surface area contributed by atoms with Crippen LogP contribution in [0.2, 0.25) is 0 Å². The normalized spacial score (nSPS) is 22.0. The van der Waals surface area contributed by atoms with Crippen molar-refractivity contribution in [1.29, 1.82) is 0 Å². The van der Waals surface area contributed by atoms with Crippen LogP contribution in [0.1, 0.15) is 43.6 Å². The lowest BCUT2D eigenvalue weighted by atomic mass is 9.91. The number of piperidine rings is 1. The molecule has 4 nitrogen and oxygen atoms in total. The summed E-state index contributed by atoms with van der Waals surface area (Å²) < 4.78 is 0. The van der Waals surface area contributed by atoms with Gasteiger partial charge >= 0.3 is 0 Å². The number of aromatic nitrogens is 1. The zero-order chi connectivity index (χ0) is 20.4. The van der Waals surface area contributed by atoms with Gasteiger partial charge in [0.2, 0.25) is 5.91 Å². The number of H-pyrrole nitrogens is 1. The highest BCUT2D eigenvalue weighted by Gasteiger charge is 2.29. The van der Waals surface area contributed by atoms with Crippen LogP contribution in [-0.4, -0.2) is 41.5 Å². The largest absolute Gasteiger partial charge is 0.361 e. The van der Waals surface area contributed by atoms with Crippen LogP contribution >= 0.6 is 11.3 Å². The molecule has 1 aliphatic rings. The Morgan fingerprint density at radius 3 is 2.69 bits per heavy atom. The molecule has 4 atom stereocenters. The number of rotatable bonds is 6. The Hall–Kier alpha value is -2.11. The molecule has 2 N–H and O–H groups in total. The van der Waals surface area contributed by atoms with Gasteiger partial charge in [0.25, 0.3) is 0 Å². The van der Waals surface area contributed by atoms with Crippen molar-refractivity contribution in [3.63, 3.8) is 0 Å². The predicted molar refractivity (Wildman–Crippen MR) is 121 cm³/mol. The molecule has 1 aliphatic heterocycles. The summed E-state index contributed by atoms with van der Waals surface area (Å²) in [6.45, 7) is 9.01. The first-order valence-corrected chi connectivity index (χ1v) is 11.5. The Balaban J connectivity index is 1.49. The van der Waals surface area contributed by atoms with Gasteiger partial charge in [0, 0.05) is 47.5 Å². The van der Waals surface area contributed by atoms with Gasteiger partial charge in [-0.05, 0) is 48.3 Å². The van der Waals surface area contributed by atoms with Crippen LogP contribution in [0.25, 0.3) is 10.9 Å². The third-order valence-electron chi connectivity index (χ3n) is 6.06. The lowest BCUT2D eigenvalue weighted by Crippen LogP contribution is -2.50. The molecule has 5 heteroatoms. The molecule has 1 saturated heterocycles. The molecule has 3 aromatic rings. The molecule has 2 aromatic heterocycles. The van der Waals surface area contributed by atoms with Crippen LogP contribution in [0.3, 0.4) is 0 Å². The summed E-state index contributed by atoms with van der Waals surface area (Å²) in [6, 6.07) is 12.5. The van der Waals surface area contributed by atoms with E-state index in [0.717, 1.165) is 25.2 Å². The average Bonchev–Trinajstić information content (AvgIpc) is 3.37. The van der Waals surface area contributed by atoms with Crippen LogP contribution in [0.4, 0.5) is 0 Å². The summed E-state index contributed by atoms with van der Waals surface area (Å²) in [7, 11) is 0. The molecule has 29 heavy (non-hydrogen) atoms. The maximum Gasteiger partial charge on any atom is 0.239 e. The molecule has 0 aliphatic carbocycles. The summed E-state index contributed by atoms with van der Waals surface area (Å²) in [5.41, 5.74) is 2.44. The van der Waals surface area contributed by atoms with Crippen LogP contribution < -0.4 is 5.32 Å². The summed E-state index contributed by atoms with van der Waals surface area (Å²) in [5, 5.41) is 6.93. The van der Waals surface area contributed by atoms with Crippen LogP contribution in [-0.2, 0) is 4.79 Å². The molecule has 4 rings (SSSR count). The fourth-order valence-electron chi connectivity index (χ4n) is 4.73. The van der Waals surface area contributed by atoms with Crippen molar-refractivity contribution < 1.29 is 4.79 Å². The number of nitrogens with one attached hydrogen (secondary N) is 2. The van der Waals surface area contributed by atoms with E-state index in [1.165, 1.54) is 22.2 Å². The van der Waals surface area contributed by atoms with Crippen LogP contribution in [0, 0.1) is 11.8 Å². The Kier molecular flexibility index (Phi) is 6.07. The highest BCUT2D eigenvalue weighted by molar-refractivity contribution is 7.10. The van der Waals surface area contributed by atoms with Crippen molar-refractivity contribution in [1.82, 2.24) is 15.2 Å². The molecule has 0 unspecified atom stereocenters. The summed E-state index contributed by atoms with van der Waals surface area (Å²) in [6.07, 6.45) is 3.34. The van der Waals surface area contributed by atoms with Crippen LogP contribution in [0.15, 0.2) is 48.0 Å². The number of aromatic amines is 1. The summed E-state index contributed by atoms with van der Waals surface area (Å²) in [4.78, 5) is 19.8. The number of thiophene rings is 1. The van der Waals surface area contributed by atoms with Gasteiger partial charge in [-0.2, -0.15) is 0 Å². The first-order chi connectivity index (χ1) is 14.0. The van der Waals surface area contributed by atoms with Gasteiger partial charge in [0.15, 0.2) is 0 Å². The molecule has 0 saturated carbocycles. The molecule has 1 aromatic carbocycles. The number of likely N-dealkylation sites (tertiary alicyclic amines) is 1. The monoisotopic (exact) mass is 409 g/mol. The molecule has 0 radical (unpaired) electrons. The Morgan fingerprint density at radius 1 is 1.21 bits per heavy atom. The topological polar surface area (TPSA) is 48.1 Å². The minimum Gasteiger partial charge on any atom is -0.361 e. The van der Waals surface area contributed by atoms with E-state index in [9.17, 15) is 4.79 Å². The van der Waals surface area contributed by atoms with Gasteiger partial charge in [-0.25, -0.2) is 0 Å². The Labute approximate surface area is 177 Å². The number of carbonyl (C=O) groups excluding carboxylic acids is 1. The quantitative estimate of drug-likeness (QED) is 0.612. The number of hydrogen-bond acceptors (Lipinski definition) is 3. The van der Waals surface area contributed by atoms with Gasteiger partial charge < -0.3 is 15.2 Å². The molecular weight excluding hydrogens is 378 g/mol. The number of hydrogen-bond donors (Lipinski definition) is 2. The van der Waals surface area contributed by atoms with Gasteiger partial charge in [-0.3, -0.25) is 4.79 Å². The zero-order valence-electron chi connectivity index (χ0n) is 17.5. The van der Waals surface area contributed by atoms with Crippen molar-refractivity contribution in [2.24, 2.45) is 11.8 Å². The standard InChI is InChI=1S/C24H31N3OS/c1-16-11-17(2)15-27(14-16)24(28)18(3)25-13-21(23-9-6-10-29-23)20-12-26-22-8-5-4-7-19(20)22/h4-10,12,16-18,21,25-26H,11,13-15H2,1-3H3/t16-,17+,18-,21+/m1/s1. The average molecular weight is 410 g/mol. The van der Waals surface area contributed by atoms with Gasteiger partial charge in [0.1, 0.15) is 0 Å². The predicted octanol–water partition coefficient (Wildman–Crippen LogP) is 4.84. The maximum atomic E-state index is 13.0. The first-order valence-electron chi connectivity index (χ1n) is 10.6. The van der Waals surface area contributed by atoms with Crippen molar-refractivity contribution in [2.75, 3.05) is 19.6 Å². The second-order valence-corrected chi connectivity index (χ2v) is 9.66. The van der Waals surface area contributed by atoms with E-state index in [-0.39, 0.29) is 17.9 Å². The zero-order valence-corrected chi connectivity index (χ0v) is 18.3. The molecule has 0 spiro atoms. The van der Waals surface area contributed by atoms with E-state index in [4.69, 9.17) is 0 Å². The molecular formula is C24H31N3OS. The van der Waals surface area contributed by atoms with E-state index >= 15 is 0 Å². The van der Waals surface area contributed by atoms with E-state index in [1.807, 2.05) is 6.92 Å². The SMILES string of the molecule is C[C@@H]1C[C@H](C)CN(C(=O)[C@@H](C)NC[C@H](c2cccs2)c2c[nH]c3ccccc23)C1. The Morgan fingerprint density at radius 2 is 1.97 bits per heavy atom. The van der Waals surface area contributed by atoms with Crippen molar-refractivity contribution in [3.8, 4) is 0 Å². The maximum absolute atomic E-state index is 13.0. The molecule has 154 valence electrons. The molecule has 0 bridgehead atoms. The van der Waals surface area contributed by atoms with Gasteiger partial charge in [-0.15, -0.1) is 11.3 Å². The van der Waals surface area contributed by atoms with Gasteiger partial charge in [-0.1, -0.05) is 38.1 Å². The van der Waals surface area contributed by atoms with Gasteiger partial charge in [0.05, 0.1) is 6.04 Å². The molecule has 3 heterocycles. The summed E-state index contributed by atoms with van der Waals surface area (Å²) in [5.74, 6) is 1.62. The third kappa shape index (κ3) is 4.41. The number of amides is 1. The third-order valence-corrected chi connectivity index (χ3v) is 7.05. The number of fused-ring (bicyclic) bond motifs is 1. The molecule has 1 fully saturated rings. The second kappa shape index (κ2) is 8.72. The number of benzene rings is 1. The first kappa shape index (κ1) is 20.2. The lowest BCUT2D eigenvalue weighted by molar-refractivity contribution is -0.135. The summed E-state index contributed by atoms with van der Waals surface area (Å²) >= 11 is 1.78. The fourth-order valence-corrected chi connectivity index (χ4v) is 5.58. The Bertz CT molecular complexity index is 938. The van der Waals surface area contributed by atoms with Crippen molar-refractivity contribution in [2.45, 2.75) is 39.2 Å². The minimum absolute atomic E-state index is 0.180. The highest BCUT2D eigenvalue weighted by Crippen LogP contribution is 2.33.